The van der Waals surface area contributed by atoms with Gasteiger partial charge in [-0.1, -0.05) is 20.8 Å². The van der Waals surface area contributed by atoms with Crippen LogP contribution in [0.2, 0.25) is 0 Å². The maximum absolute atomic E-state index is 9.84. The summed E-state index contributed by atoms with van der Waals surface area (Å²) in [5, 5.41) is 0. The van der Waals surface area contributed by atoms with Gasteiger partial charge in [0, 0.05) is 0 Å². The lowest BCUT2D eigenvalue weighted by Crippen LogP contribution is -2.06. The highest BCUT2D eigenvalue weighted by Crippen LogP contribution is 2.09. The summed E-state index contributed by atoms with van der Waals surface area (Å²) < 4.78 is 0. The topological polar surface area (TPSA) is 29.4 Å². The summed E-state index contributed by atoms with van der Waals surface area (Å²) in [6.45, 7) is 6.13. The average Bonchev–Trinajstić information content (AvgIpc) is 1.86. The Morgan fingerprint density at radius 3 is 2.50 bits per heavy atom. The molecule has 0 aliphatic carbocycles. The molecule has 0 aromatic rings. The Bertz CT molecular complexity index is 125. The third-order valence-electron chi connectivity index (χ3n) is 1.32. The van der Waals surface area contributed by atoms with Crippen molar-refractivity contribution < 1.29 is 4.79 Å². The van der Waals surface area contributed by atoms with Crippen molar-refractivity contribution in [2.45, 2.75) is 33.2 Å². The van der Waals surface area contributed by atoms with Gasteiger partial charge in [-0.25, -0.2) is 9.79 Å². The van der Waals surface area contributed by atoms with Gasteiger partial charge in [-0.3, -0.25) is 0 Å². The predicted octanol–water partition coefficient (Wildman–Crippen LogP) is 1.96. The molecule has 0 fully saturated rings. The van der Waals surface area contributed by atoms with E-state index in [1.54, 1.807) is 6.08 Å². The number of hydrogen-bond acceptors (Lipinski definition) is 2. The quantitative estimate of drug-likeness (QED) is 0.433. The predicted molar refractivity (Wildman–Crippen MR) is 41.3 cm³/mol. The molecule has 1 atom stereocenters. The maximum Gasteiger partial charge on any atom is 0.235 e. The molecule has 1 radical (unpaired) electrons. The highest BCUT2D eigenvalue weighted by atomic mass is 16.1. The van der Waals surface area contributed by atoms with Gasteiger partial charge in [-0.05, 0) is 18.8 Å². The Morgan fingerprint density at radius 1 is 1.60 bits per heavy atom. The minimum Gasteiger partial charge on any atom is -0.211 e. The van der Waals surface area contributed by atoms with E-state index >= 15 is 0 Å². The molecule has 0 heterocycles. The zero-order chi connectivity index (χ0) is 7.98. The molecule has 10 heavy (non-hydrogen) atoms. The Balaban J connectivity index is 3.71. The van der Waals surface area contributed by atoms with Gasteiger partial charge in [0.2, 0.25) is 6.08 Å². The molecular formula is C8H14NO. The van der Waals surface area contributed by atoms with Gasteiger partial charge in [-0.2, -0.15) is 0 Å². The molecule has 1 unspecified atom stereocenters. The number of nitrogens with zero attached hydrogens (tertiary/aromatic N) is 1. The SMILES string of the molecule is C[CH]C(CC(C)C)N=C=O. The molecular weight excluding hydrogens is 126 g/mol. The summed E-state index contributed by atoms with van der Waals surface area (Å²) in [6.07, 6.45) is 4.43. The van der Waals surface area contributed by atoms with Crippen LogP contribution in [0.3, 0.4) is 0 Å². The fourth-order valence-electron chi connectivity index (χ4n) is 0.814. The van der Waals surface area contributed by atoms with Gasteiger partial charge >= 0.3 is 0 Å². The molecule has 0 aromatic heterocycles. The fourth-order valence-corrected chi connectivity index (χ4v) is 0.814. The number of hydrogen-bond donors (Lipinski definition) is 0. The smallest absolute Gasteiger partial charge is 0.211 e. The highest BCUT2D eigenvalue weighted by Gasteiger charge is 2.05. The molecule has 57 valence electrons. The molecule has 0 spiro atoms. The second-order valence-electron chi connectivity index (χ2n) is 2.75. The normalized spacial score (nSPS) is 12.8. The highest BCUT2D eigenvalue weighted by molar-refractivity contribution is 5.33. The van der Waals surface area contributed by atoms with Gasteiger partial charge in [0.05, 0.1) is 6.04 Å². The van der Waals surface area contributed by atoms with Crippen molar-refractivity contribution in [3.8, 4) is 0 Å². The Hall–Kier alpha value is -0.620. The van der Waals surface area contributed by atoms with Crippen molar-refractivity contribution >= 4 is 6.08 Å². The van der Waals surface area contributed by atoms with E-state index < -0.39 is 0 Å². The molecule has 0 amide bonds. The summed E-state index contributed by atoms with van der Waals surface area (Å²) in [4.78, 5) is 13.5. The molecule has 0 saturated heterocycles. The minimum absolute atomic E-state index is 0.0671. The van der Waals surface area contributed by atoms with Crippen LogP contribution < -0.4 is 0 Å². The van der Waals surface area contributed by atoms with E-state index in [2.05, 4.69) is 18.8 Å². The Morgan fingerprint density at radius 2 is 2.20 bits per heavy atom. The van der Waals surface area contributed by atoms with E-state index in [1.165, 1.54) is 0 Å². The number of carbonyl (C=O) groups excluding carboxylic acids is 1. The van der Waals surface area contributed by atoms with Crippen LogP contribution in [0.1, 0.15) is 27.2 Å². The molecule has 2 heteroatoms. The van der Waals surface area contributed by atoms with E-state index in [1.807, 2.05) is 13.3 Å². The Kier molecular flexibility index (Phi) is 4.87. The van der Waals surface area contributed by atoms with E-state index in [4.69, 9.17) is 0 Å². The second-order valence-corrected chi connectivity index (χ2v) is 2.75. The summed E-state index contributed by atoms with van der Waals surface area (Å²) in [7, 11) is 0. The van der Waals surface area contributed by atoms with E-state index in [0.717, 1.165) is 6.42 Å². The number of isocyanates is 1. The van der Waals surface area contributed by atoms with Crippen molar-refractivity contribution in [3.05, 3.63) is 6.42 Å². The summed E-state index contributed by atoms with van der Waals surface area (Å²) >= 11 is 0. The first-order valence-electron chi connectivity index (χ1n) is 3.57. The minimum atomic E-state index is 0.0671. The van der Waals surface area contributed by atoms with Crippen molar-refractivity contribution in [2.75, 3.05) is 0 Å². The summed E-state index contributed by atoms with van der Waals surface area (Å²) in [5.74, 6) is 0.582. The third-order valence-corrected chi connectivity index (χ3v) is 1.32. The molecule has 0 aliphatic rings. The average molecular weight is 140 g/mol. The van der Waals surface area contributed by atoms with Crippen LogP contribution in [0.4, 0.5) is 0 Å². The summed E-state index contributed by atoms with van der Waals surface area (Å²) in [5.41, 5.74) is 0. The van der Waals surface area contributed by atoms with Gasteiger partial charge in [0.15, 0.2) is 0 Å². The standard InChI is InChI=1S/C8H14NO/c1-4-8(9-6-10)5-7(2)3/h4,7-8H,5H2,1-3H3. The van der Waals surface area contributed by atoms with Crippen molar-refractivity contribution in [3.63, 3.8) is 0 Å². The molecule has 0 rings (SSSR count). The van der Waals surface area contributed by atoms with E-state index in [9.17, 15) is 4.79 Å². The van der Waals surface area contributed by atoms with Crippen LogP contribution >= 0.6 is 0 Å². The number of aliphatic imine (C=N–C) groups is 1. The van der Waals surface area contributed by atoms with Crippen LogP contribution in [0.15, 0.2) is 4.99 Å². The van der Waals surface area contributed by atoms with E-state index in [-0.39, 0.29) is 6.04 Å². The van der Waals surface area contributed by atoms with Crippen molar-refractivity contribution in [2.24, 2.45) is 10.9 Å². The van der Waals surface area contributed by atoms with Crippen LogP contribution in [0.5, 0.6) is 0 Å². The van der Waals surface area contributed by atoms with Gasteiger partial charge < -0.3 is 0 Å². The molecule has 2 nitrogen and oxygen atoms in total. The number of rotatable bonds is 4. The summed E-state index contributed by atoms with van der Waals surface area (Å²) in [6, 6.07) is 0.0671. The molecule has 0 saturated carbocycles. The zero-order valence-electron chi connectivity index (χ0n) is 6.79. The van der Waals surface area contributed by atoms with Gasteiger partial charge in [0.25, 0.3) is 0 Å². The van der Waals surface area contributed by atoms with Crippen molar-refractivity contribution in [1.29, 1.82) is 0 Å². The van der Waals surface area contributed by atoms with Gasteiger partial charge in [0.1, 0.15) is 0 Å². The first-order chi connectivity index (χ1) is 4.70. The molecule has 0 N–H and O–H groups in total. The first kappa shape index (κ1) is 9.38. The van der Waals surface area contributed by atoms with E-state index in [0.29, 0.717) is 5.92 Å². The van der Waals surface area contributed by atoms with Crippen molar-refractivity contribution in [1.82, 2.24) is 0 Å². The van der Waals surface area contributed by atoms with Crippen LogP contribution in [0.25, 0.3) is 0 Å². The molecule has 0 aliphatic heterocycles. The Labute approximate surface area is 62.4 Å². The zero-order valence-corrected chi connectivity index (χ0v) is 6.79. The van der Waals surface area contributed by atoms with Crippen LogP contribution in [-0.2, 0) is 4.79 Å². The molecule has 0 aromatic carbocycles. The lowest BCUT2D eigenvalue weighted by molar-refractivity contribution is 0.519. The van der Waals surface area contributed by atoms with Crippen LogP contribution in [0, 0.1) is 12.3 Å². The van der Waals surface area contributed by atoms with Gasteiger partial charge in [-0.15, -0.1) is 0 Å². The largest absolute Gasteiger partial charge is 0.235 e. The first-order valence-corrected chi connectivity index (χ1v) is 3.57. The lowest BCUT2D eigenvalue weighted by Gasteiger charge is -2.08. The third kappa shape index (κ3) is 4.28. The van der Waals surface area contributed by atoms with Crippen LogP contribution in [-0.4, -0.2) is 12.1 Å². The monoisotopic (exact) mass is 140 g/mol. The molecule has 0 bridgehead atoms. The second kappa shape index (κ2) is 5.19. The maximum atomic E-state index is 9.84. The lowest BCUT2D eigenvalue weighted by atomic mass is 10.0. The fraction of sp³-hybridized carbons (Fsp3) is 0.750.